The highest BCUT2D eigenvalue weighted by atomic mass is 16.5. The minimum atomic E-state index is -0.585. The van der Waals surface area contributed by atoms with Crippen LogP contribution < -0.4 is 15.2 Å². The Morgan fingerprint density at radius 3 is 2.36 bits per heavy atom. The predicted octanol–water partition coefficient (Wildman–Crippen LogP) is 2.04. The van der Waals surface area contributed by atoms with Crippen LogP contribution in [0.2, 0.25) is 0 Å². The second kappa shape index (κ2) is 7.66. The summed E-state index contributed by atoms with van der Waals surface area (Å²) in [6.07, 6.45) is 2.22. The number of aromatic nitrogens is 2. The third kappa shape index (κ3) is 3.74. The summed E-state index contributed by atoms with van der Waals surface area (Å²) in [4.78, 5) is 29.3. The highest BCUT2D eigenvalue weighted by molar-refractivity contribution is 5.80. The van der Waals surface area contributed by atoms with Gasteiger partial charge in [-0.15, -0.1) is 0 Å². The fraction of sp³-hybridized carbons (Fsp3) is 0.476. The molecule has 0 spiro atoms. The zero-order valence-electron chi connectivity index (χ0n) is 16.4. The molecule has 2 aromatic rings. The van der Waals surface area contributed by atoms with E-state index in [1.807, 2.05) is 29.2 Å². The molecule has 148 valence electrons. The first-order valence-corrected chi connectivity index (χ1v) is 9.84. The molecule has 1 aromatic heterocycles. The fourth-order valence-electron chi connectivity index (χ4n) is 3.66. The summed E-state index contributed by atoms with van der Waals surface area (Å²) in [7, 11) is 1.65. The Balaban J connectivity index is 1.40. The third-order valence-electron chi connectivity index (χ3n) is 5.59. The maximum Gasteiger partial charge on any atom is 0.267 e. The van der Waals surface area contributed by atoms with E-state index in [0.717, 1.165) is 43.1 Å². The Hall–Kier alpha value is -2.83. The number of benzene rings is 1. The molecule has 2 aliphatic rings. The number of anilines is 1. The number of carbonyl (C=O) groups excluding carboxylic acids is 1. The van der Waals surface area contributed by atoms with Gasteiger partial charge in [-0.3, -0.25) is 9.59 Å². The molecule has 0 bridgehead atoms. The van der Waals surface area contributed by atoms with Crippen LogP contribution >= 0.6 is 0 Å². The first-order valence-electron chi connectivity index (χ1n) is 9.84. The lowest BCUT2D eigenvalue weighted by molar-refractivity contribution is -0.135. The van der Waals surface area contributed by atoms with Gasteiger partial charge >= 0.3 is 0 Å². The Labute approximate surface area is 164 Å². The van der Waals surface area contributed by atoms with Crippen molar-refractivity contribution in [3.05, 3.63) is 52.4 Å². The van der Waals surface area contributed by atoms with Gasteiger partial charge in [-0.2, -0.15) is 5.10 Å². The molecule has 1 atom stereocenters. The number of methoxy groups -OCH3 is 1. The molecule has 28 heavy (non-hydrogen) atoms. The van der Waals surface area contributed by atoms with Crippen LogP contribution in [-0.2, 0) is 4.79 Å². The molecule has 2 heterocycles. The number of rotatable bonds is 5. The van der Waals surface area contributed by atoms with E-state index in [4.69, 9.17) is 4.74 Å². The maximum atomic E-state index is 13.0. The van der Waals surface area contributed by atoms with Gasteiger partial charge in [-0.05, 0) is 50.1 Å². The highest BCUT2D eigenvalue weighted by Crippen LogP contribution is 2.38. The lowest BCUT2D eigenvalue weighted by Gasteiger charge is -2.37. The Morgan fingerprint density at radius 1 is 1.07 bits per heavy atom. The van der Waals surface area contributed by atoms with Crippen molar-refractivity contribution < 1.29 is 9.53 Å². The van der Waals surface area contributed by atoms with E-state index < -0.39 is 6.04 Å². The summed E-state index contributed by atoms with van der Waals surface area (Å²) in [6, 6.07) is 10.7. The van der Waals surface area contributed by atoms with Gasteiger partial charge in [-0.1, -0.05) is 0 Å². The first-order chi connectivity index (χ1) is 13.6. The lowest BCUT2D eigenvalue weighted by Crippen LogP contribution is -2.51. The van der Waals surface area contributed by atoms with Gasteiger partial charge < -0.3 is 14.5 Å². The van der Waals surface area contributed by atoms with Gasteiger partial charge in [0.05, 0.1) is 12.8 Å². The van der Waals surface area contributed by atoms with Crippen LogP contribution in [0.5, 0.6) is 5.75 Å². The number of carbonyl (C=O) groups is 1. The van der Waals surface area contributed by atoms with Crippen molar-refractivity contribution in [1.82, 2.24) is 14.7 Å². The minimum absolute atomic E-state index is 0.0445. The van der Waals surface area contributed by atoms with Gasteiger partial charge in [0, 0.05) is 43.9 Å². The van der Waals surface area contributed by atoms with Gasteiger partial charge in [0.1, 0.15) is 11.8 Å². The topological polar surface area (TPSA) is 67.7 Å². The van der Waals surface area contributed by atoms with Gasteiger partial charge in [0.15, 0.2) is 0 Å². The Kier molecular flexibility index (Phi) is 5.07. The van der Waals surface area contributed by atoms with E-state index in [1.165, 1.54) is 10.7 Å². The van der Waals surface area contributed by atoms with Gasteiger partial charge in [-0.25, -0.2) is 4.68 Å². The number of piperazine rings is 1. The smallest absolute Gasteiger partial charge is 0.267 e. The van der Waals surface area contributed by atoms with Crippen LogP contribution in [0.25, 0.3) is 0 Å². The first kappa shape index (κ1) is 18.5. The van der Waals surface area contributed by atoms with Crippen molar-refractivity contribution in [3.63, 3.8) is 0 Å². The number of nitrogens with zero attached hydrogens (tertiary/aromatic N) is 4. The molecule has 1 amide bonds. The number of hydrogen-bond acceptors (Lipinski definition) is 5. The summed E-state index contributed by atoms with van der Waals surface area (Å²) in [6.45, 7) is 4.55. The maximum absolute atomic E-state index is 13.0. The SMILES string of the molecule is COc1ccc(N2CCN(C(=O)C(C)n3nc(C4CC4)ccc3=O)CC2)cc1. The monoisotopic (exact) mass is 382 g/mol. The van der Waals surface area contributed by atoms with E-state index in [9.17, 15) is 9.59 Å². The predicted molar refractivity (Wildman–Crippen MR) is 107 cm³/mol. The van der Waals surface area contributed by atoms with Crippen LogP contribution in [0.1, 0.15) is 37.4 Å². The van der Waals surface area contributed by atoms with E-state index >= 15 is 0 Å². The zero-order chi connectivity index (χ0) is 19.7. The number of amides is 1. The number of ether oxygens (including phenoxy) is 1. The molecule has 7 heteroatoms. The second-order valence-corrected chi connectivity index (χ2v) is 7.50. The Morgan fingerprint density at radius 2 is 1.75 bits per heavy atom. The molecular weight excluding hydrogens is 356 g/mol. The largest absolute Gasteiger partial charge is 0.497 e. The average molecular weight is 382 g/mol. The molecule has 1 saturated carbocycles. The van der Waals surface area contributed by atoms with Crippen LogP contribution in [-0.4, -0.2) is 53.9 Å². The molecule has 1 aliphatic carbocycles. The summed E-state index contributed by atoms with van der Waals surface area (Å²) in [5.74, 6) is 1.23. The van der Waals surface area contributed by atoms with Crippen molar-refractivity contribution >= 4 is 11.6 Å². The Bertz CT molecular complexity index is 897. The molecule has 4 rings (SSSR count). The average Bonchev–Trinajstić information content (AvgIpc) is 3.59. The van der Waals surface area contributed by atoms with E-state index in [1.54, 1.807) is 20.1 Å². The van der Waals surface area contributed by atoms with Crippen LogP contribution in [0.4, 0.5) is 5.69 Å². The summed E-state index contributed by atoms with van der Waals surface area (Å²) in [5.41, 5.74) is 1.82. The molecular formula is C21H26N4O3. The zero-order valence-corrected chi connectivity index (χ0v) is 16.4. The van der Waals surface area contributed by atoms with Crippen LogP contribution in [0, 0.1) is 0 Å². The quantitative estimate of drug-likeness (QED) is 0.792. The second-order valence-electron chi connectivity index (χ2n) is 7.50. The summed E-state index contributed by atoms with van der Waals surface area (Å²) in [5, 5.41) is 4.46. The van der Waals surface area contributed by atoms with E-state index in [0.29, 0.717) is 19.0 Å². The third-order valence-corrected chi connectivity index (χ3v) is 5.59. The molecule has 1 aromatic carbocycles. The molecule has 1 aliphatic heterocycles. The molecule has 0 radical (unpaired) electrons. The summed E-state index contributed by atoms with van der Waals surface area (Å²) < 4.78 is 6.56. The van der Waals surface area contributed by atoms with Crippen LogP contribution in [0.15, 0.2) is 41.2 Å². The molecule has 7 nitrogen and oxygen atoms in total. The van der Waals surface area contributed by atoms with Gasteiger partial charge in [0.2, 0.25) is 5.91 Å². The van der Waals surface area contributed by atoms with E-state index in [2.05, 4.69) is 10.00 Å². The highest BCUT2D eigenvalue weighted by Gasteiger charge is 2.29. The standard InChI is InChI=1S/C21H26N4O3/c1-15(25-20(26)10-9-19(22-25)16-3-4-16)21(27)24-13-11-23(12-14-24)17-5-7-18(28-2)8-6-17/h5-10,15-16H,3-4,11-14H2,1-2H3. The molecule has 1 unspecified atom stereocenters. The van der Waals surface area contributed by atoms with Crippen molar-refractivity contribution in [2.75, 3.05) is 38.2 Å². The fourth-order valence-corrected chi connectivity index (χ4v) is 3.66. The normalized spacial score (nSPS) is 18.1. The van der Waals surface area contributed by atoms with Crippen molar-refractivity contribution in [1.29, 1.82) is 0 Å². The van der Waals surface area contributed by atoms with E-state index in [-0.39, 0.29) is 11.5 Å². The number of hydrogen-bond donors (Lipinski definition) is 0. The molecule has 1 saturated heterocycles. The van der Waals surface area contributed by atoms with Crippen molar-refractivity contribution in [3.8, 4) is 5.75 Å². The lowest BCUT2D eigenvalue weighted by atomic mass is 10.2. The van der Waals surface area contributed by atoms with Crippen molar-refractivity contribution in [2.24, 2.45) is 0 Å². The van der Waals surface area contributed by atoms with Crippen molar-refractivity contribution in [2.45, 2.75) is 31.7 Å². The molecule has 2 fully saturated rings. The van der Waals surface area contributed by atoms with Gasteiger partial charge in [0.25, 0.3) is 5.56 Å². The van der Waals surface area contributed by atoms with Crippen LogP contribution in [0.3, 0.4) is 0 Å². The molecule has 0 N–H and O–H groups in total. The summed E-state index contributed by atoms with van der Waals surface area (Å²) >= 11 is 0. The minimum Gasteiger partial charge on any atom is -0.497 e.